The van der Waals surface area contributed by atoms with E-state index in [2.05, 4.69) is 0 Å². The van der Waals surface area contributed by atoms with Crippen LogP contribution in [-0.4, -0.2) is 62.3 Å². The second-order valence-corrected chi connectivity index (χ2v) is 10.1. The summed E-state index contributed by atoms with van der Waals surface area (Å²) < 4.78 is 0. The molecule has 0 aromatic heterocycles. The highest BCUT2D eigenvalue weighted by Crippen LogP contribution is 2.42. The number of aliphatic hydroxyl groups is 1. The molecule has 3 rings (SSSR count). The number of benzene rings is 1. The Morgan fingerprint density at radius 2 is 1.90 bits per heavy atom. The molecule has 7 heteroatoms. The molecule has 0 bridgehead atoms. The number of amides is 2. The summed E-state index contributed by atoms with van der Waals surface area (Å²) in [5.41, 5.74) is -0.927. The third-order valence-electron chi connectivity index (χ3n) is 6.45. The molecule has 2 amide bonds. The number of carbonyl (C=O) groups is 2. The first kappa shape index (κ1) is 22.9. The van der Waals surface area contributed by atoms with Crippen molar-refractivity contribution >= 4 is 23.6 Å². The Labute approximate surface area is 183 Å². The van der Waals surface area contributed by atoms with Gasteiger partial charge in [0.1, 0.15) is 0 Å². The second kappa shape index (κ2) is 8.75. The Balaban J connectivity index is 1.88. The number of hydrogen-bond donors (Lipinski definition) is 2. The van der Waals surface area contributed by atoms with Crippen LogP contribution in [0, 0.1) is 0 Å². The van der Waals surface area contributed by atoms with E-state index in [4.69, 9.17) is 11.6 Å². The molecule has 1 aliphatic heterocycles. The lowest BCUT2D eigenvalue weighted by Crippen LogP contribution is -2.53. The van der Waals surface area contributed by atoms with Gasteiger partial charge in [-0.05, 0) is 57.7 Å². The lowest BCUT2D eigenvalue weighted by Gasteiger charge is -2.41. The minimum absolute atomic E-state index is 0.136. The normalized spacial score (nSPS) is 22.6. The van der Waals surface area contributed by atoms with Crippen molar-refractivity contribution in [2.75, 3.05) is 13.1 Å². The van der Waals surface area contributed by atoms with Crippen LogP contribution in [0.1, 0.15) is 70.8 Å². The summed E-state index contributed by atoms with van der Waals surface area (Å²) in [6, 6.07) is 6.93. The minimum atomic E-state index is -1.10. The van der Waals surface area contributed by atoms with Crippen LogP contribution in [-0.2, 0) is 4.79 Å². The van der Waals surface area contributed by atoms with Crippen molar-refractivity contribution in [3.63, 3.8) is 0 Å². The smallest absolute Gasteiger partial charge is 0.408 e. The number of likely N-dealkylation sites (tertiary alicyclic amines) is 1. The number of hydrogen-bond acceptors (Lipinski definition) is 3. The van der Waals surface area contributed by atoms with Gasteiger partial charge in [-0.15, -0.1) is 0 Å². The molecule has 6 nitrogen and oxygen atoms in total. The summed E-state index contributed by atoms with van der Waals surface area (Å²) in [4.78, 5) is 28.8. The van der Waals surface area contributed by atoms with Gasteiger partial charge in [0, 0.05) is 23.7 Å². The van der Waals surface area contributed by atoms with Gasteiger partial charge in [0.05, 0.1) is 17.6 Å². The molecule has 0 radical (unpaired) electrons. The first-order valence-corrected chi connectivity index (χ1v) is 11.2. The number of carboxylic acid groups (broad SMARTS) is 1. The molecule has 2 aliphatic rings. The minimum Gasteiger partial charge on any atom is -0.465 e. The molecule has 0 unspecified atom stereocenters. The fourth-order valence-corrected chi connectivity index (χ4v) is 5.35. The summed E-state index contributed by atoms with van der Waals surface area (Å²) in [5.74, 6) is -0.827. The highest BCUT2D eigenvalue weighted by atomic mass is 35.5. The number of carbonyl (C=O) groups excluding carboxylic acids is 1. The average Bonchev–Trinajstić information content (AvgIpc) is 3.10. The fraction of sp³-hybridized carbons (Fsp3) is 0.652. The molecule has 1 heterocycles. The molecule has 2 N–H and O–H groups in total. The second-order valence-electron chi connectivity index (χ2n) is 9.70. The standard InChI is InChI=1S/C23H33ClN2O4/c1-22(2,3)26(21(28)29)18-10-13-25(15-18)20(27)19(16-8-7-9-17(24)14-16)23(30)11-5-4-6-12-23/h7-9,14,18-19,30H,4-6,10-13,15H2,1-3H3,(H,28,29)/t18-,19-/m0/s1. The van der Waals surface area contributed by atoms with Crippen molar-refractivity contribution in [2.24, 2.45) is 0 Å². The highest BCUT2D eigenvalue weighted by molar-refractivity contribution is 6.30. The van der Waals surface area contributed by atoms with Gasteiger partial charge in [0.15, 0.2) is 0 Å². The molecular formula is C23H33ClN2O4. The zero-order chi connectivity index (χ0) is 22.1. The van der Waals surface area contributed by atoms with Gasteiger partial charge in [-0.1, -0.05) is 43.0 Å². The van der Waals surface area contributed by atoms with Crippen LogP contribution in [0.4, 0.5) is 4.79 Å². The van der Waals surface area contributed by atoms with E-state index in [1.807, 2.05) is 32.9 Å². The van der Waals surface area contributed by atoms with Crippen LogP contribution in [0.2, 0.25) is 5.02 Å². The van der Waals surface area contributed by atoms with E-state index in [0.717, 1.165) is 24.8 Å². The molecule has 1 aliphatic carbocycles. The lowest BCUT2D eigenvalue weighted by atomic mass is 9.72. The largest absolute Gasteiger partial charge is 0.465 e. The third-order valence-corrected chi connectivity index (χ3v) is 6.69. The van der Waals surface area contributed by atoms with Crippen LogP contribution in [0.5, 0.6) is 0 Å². The van der Waals surface area contributed by atoms with Crippen molar-refractivity contribution in [3.05, 3.63) is 34.9 Å². The maximum absolute atomic E-state index is 13.7. The van der Waals surface area contributed by atoms with Crippen LogP contribution in [0.3, 0.4) is 0 Å². The number of nitrogens with zero attached hydrogens (tertiary/aromatic N) is 2. The van der Waals surface area contributed by atoms with Crippen molar-refractivity contribution in [1.82, 2.24) is 9.80 Å². The van der Waals surface area contributed by atoms with E-state index in [1.54, 1.807) is 17.0 Å². The summed E-state index contributed by atoms with van der Waals surface area (Å²) >= 11 is 6.21. The van der Waals surface area contributed by atoms with Crippen LogP contribution >= 0.6 is 11.6 Å². The third kappa shape index (κ3) is 4.75. The van der Waals surface area contributed by atoms with E-state index in [9.17, 15) is 19.8 Å². The van der Waals surface area contributed by atoms with Gasteiger partial charge in [0.2, 0.25) is 5.91 Å². The summed E-state index contributed by atoms with van der Waals surface area (Å²) in [6.07, 6.45) is 3.62. The van der Waals surface area contributed by atoms with Gasteiger partial charge in [-0.3, -0.25) is 9.69 Å². The maximum atomic E-state index is 13.7. The Hall–Kier alpha value is -1.79. The Bertz CT molecular complexity index is 786. The predicted octanol–water partition coefficient (Wildman–Crippen LogP) is 4.50. The lowest BCUT2D eigenvalue weighted by molar-refractivity contribution is -0.140. The molecule has 30 heavy (non-hydrogen) atoms. The number of halogens is 1. The predicted molar refractivity (Wildman–Crippen MR) is 117 cm³/mol. The molecule has 2 atom stereocenters. The monoisotopic (exact) mass is 436 g/mol. The van der Waals surface area contributed by atoms with Gasteiger partial charge < -0.3 is 15.1 Å². The summed E-state index contributed by atoms with van der Waals surface area (Å²) in [7, 11) is 0. The van der Waals surface area contributed by atoms with Gasteiger partial charge >= 0.3 is 6.09 Å². The van der Waals surface area contributed by atoms with E-state index in [-0.39, 0.29) is 11.9 Å². The molecule has 1 saturated heterocycles. The quantitative estimate of drug-likeness (QED) is 0.728. The van der Waals surface area contributed by atoms with E-state index >= 15 is 0 Å². The van der Waals surface area contributed by atoms with Gasteiger partial charge in [-0.2, -0.15) is 0 Å². The average molecular weight is 437 g/mol. The first-order chi connectivity index (χ1) is 14.0. The van der Waals surface area contributed by atoms with Crippen molar-refractivity contribution in [2.45, 2.75) is 82.4 Å². The Morgan fingerprint density at radius 1 is 1.23 bits per heavy atom. The first-order valence-electron chi connectivity index (χ1n) is 10.8. The molecular weight excluding hydrogens is 404 g/mol. The Morgan fingerprint density at radius 3 is 2.47 bits per heavy atom. The van der Waals surface area contributed by atoms with E-state index < -0.39 is 23.2 Å². The van der Waals surface area contributed by atoms with Gasteiger partial charge in [0.25, 0.3) is 0 Å². The summed E-state index contributed by atoms with van der Waals surface area (Å²) in [5, 5.41) is 21.8. The maximum Gasteiger partial charge on any atom is 0.408 e. The van der Waals surface area contributed by atoms with Crippen molar-refractivity contribution in [3.8, 4) is 0 Å². The molecule has 166 valence electrons. The van der Waals surface area contributed by atoms with Crippen LogP contribution in [0.15, 0.2) is 24.3 Å². The summed E-state index contributed by atoms with van der Waals surface area (Å²) in [6.45, 7) is 6.42. The van der Waals surface area contributed by atoms with Crippen molar-refractivity contribution < 1.29 is 19.8 Å². The molecule has 1 aromatic carbocycles. The fourth-order valence-electron chi connectivity index (χ4n) is 5.15. The van der Waals surface area contributed by atoms with Gasteiger partial charge in [-0.25, -0.2) is 4.79 Å². The molecule has 1 saturated carbocycles. The Kier molecular flexibility index (Phi) is 6.68. The van der Waals surface area contributed by atoms with Crippen LogP contribution < -0.4 is 0 Å². The highest BCUT2D eigenvalue weighted by Gasteiger charge is 2.47. The zero-order valence-corrected chi connectivity index (χ0v) is 18.9. The number of rotatable bonds is 4. The van der Waals surface area contributed by atoms with E-state index in [0.29, 0.717) is 37.4 Å². The molecule has 0 spiro atoms. The van der Waals surface area contributed by atoms with Crippen LogP contribution in [0.25, 0.3) is 0 Å². The topological polar surface area (TPSA) is 81.1 Å². The van der Waals surface area contributed by atoms with Crippen molar-refractivity contribution in [1.29, 1.82) is 0 Å². The molecule has 2 fully saturated rings. The zero-order valence-electron chi connectivity index (χ0n) is 18.1. The van der Waals surface area contributed by atoms with E-state index in [1.165, 1.54) is 4.90 Å². The molecule has 1 aromatic rings. The SMILES string of the molecule is CC(C)(C)N(C(=O)O)[C@H]1CCN(C(=O)[C@H](c2cccc(Cl)c2)C2(O)CCCCC2)C1.